The Morgan fingerprint density at radius 3 is 2.44 bits per heavy atom. The third-order valence-electron chi connectivity index (χ3n) is 2.30. The average molecular weight is 252 g/mol. The fraction of sp³-hybridized carbons (Fsp3) is 0.889. The van der Waals surface area contributed by atoms with Gasteiger partial charge in [-0.1, -0.05) is 0 Å². The number of thioether (sulfide) groups is 1. The van der Waals surface area contributed by atoms with Crippen molar-refractivity contribution >= 4 is 17.7 Å². The molecule has 1 heterocycles. The molecule has 0 amide bonds. The van der Waals surface area contributed by atoms with Gasteiger partial charge in [0.1, 0.15) is 12.2 Å². The number of carbonyl (C=O) groups is 1. The van der Waals surface area contributed by atoms with E-state index in [2.05, 4.69) is 0 Å². The van der Waals surface area contributed by atoms with Crippen LogP contribution >= 0.6 is 11.8 Å². The van der Waals surface area contributed by atoms with Gasteiger partial charge in [-0.05, 0) is 12.2 Å². The second kappa shape index (κ2) is 6.41. The minimum Gasteiger partial charge on any atom is -0.481 e. The number of aliphatic hydroxyl groups excluding tert-OH is 3. The van der Waals surface area contributed by atoms with E-state index < -0.39 is 30.6 Å². The summed E-state index contributed by atoms with van der Waals surface area (Å²) >= 11 is 1.43. The van der Waals surface area contributed by atoms with Crippen molar-refractivity contribution in [1.82, 2.24) is 0 Å². The Morgan fingerprint density at radius 1 is 1.25 bits per heavy atom. The van der Waals surface area contributed by atoms with E-state index in [0.29, 0.717) is 17.9 Å². The van der Waals surface area contributed by atoms with Crippen molar-refractivity contribution in [2.75, 3.05) is 11.5 Å². The van der Waals surface area contributed by atoms with Crippen LogP contribution in [0.4, 0.5) is 0 Å². The van der Waals surface area contributed by atoms with E-state index in [4.69, 9.17) is 14.9 Å². The number of aliphatic hydroxyl groups is 3. The number of hydrogen-bond donors (Lipinski definition) is 4. The summed E-state index contributed by atoms with van der Waals surface area (Å²) in [4.78, 5) is 10.2. The lowest BCUT2D eigenvalue weighted by molar-refractivity contribution is -0.137. The molecule has 1 rings (SSSR count). The smallest absolute Gasteiger partial charge is 0.303 e. The van der Waals surface area contributed by atoms with Gasteiger partial charge in [-0.2, -0.15) is 11.8 Å². The van der Waals surface area contributed by atoms with Crippen molar-refractivity contribution in [1.29, 1.82) is 0 Å². The van der Waals surface area contributed by atoms with Crippen LogP contribution in [0.1, 0.15) is 12.8 Å². The summed E-state index contributed by atoms with van der Waals surface area (Å²) in [5, 5.41) is 36.1. The van der Waals surface area contributed by atoms with Gasteiger partial charge in [-0.25, -0.2) is 0 Å². The molecule has 0 aromatic heterocycles. The summed E-state index contributed by atoms with van der Waals surface area (Å²) < 4.78 is 4.93. The van der Waals surface area contributed by atoms with Crippen LogP contribution in [0.2, 0.25) is 0 Å². The molecular formula is C9H16O6S. The zero-order chi connectivity index (χ0) is 12.1. The van der Waals surface area contributed by atoms with E-state index in [-0.39, 0.29) is 6.42 Å². The van der Waals surface area contributed by atoms with E-state index in [1.54, 1.807) is 0 Å². The molecule has 1 aliphatic rings. The summed E-state index contributed by atoms with van der Waals surface area (Å²) in [6.07, 6.45) is -3.61. The van der Waals surface area contributed by atoms with Gasteiger partial charge < -0.3 is 25.2 Å². The molecule has 1 aliphatic heterocycles. The SMILES string of the molecule is O=C(O)CCCSC[C@H]1OC(O)[C@H](O)[C@@H]1O. The first-order valence-corrected chi connectivity index (χ1v) is 6.17. The maximum absolute atomic E-state index is 10.2. The fourth-order valence-corrected chi connectivity index (χ4v) is 2.41. The molecule has 4 atom stereocenters. The largest absolute Gasteiger partial charge is 0.481 e. The third-order valence-corrected chi connectivity index (χ3v) is 3.44. The highest BCUT2D eigenvalue weighted by atomic mass is 32.2. The van der Waals surface area contributed by atoms with Crippen LogP contribution in [0.5, 0.6) is 0 Å². The van der Waals surface area contributed by atoms with E-state index in [9.17, 15) is 15.0 Å². The van der Waals surface area contributed by atoms with Gasteiger partial charge in [0.05, 0.1) is 6.10 Å². The summed E-state index contributed by atoms with van der Waals surface area (Å²) in [6.45, 7) is 0. The molecule has 1 fully saturated rings. The van der Waals surface area contributed by atoms with Crippen LogP contribution < -0.4 is 0 Å². The zero-order valence-electron chi connectivity index (χ0n) is 8.65. The second-order valence-corrected chi connectivity index (χ2v) is 4.77. The normalized spacial score (nSPS) is 34.2. The van der Waals surface area contributed by atoms with Crippen molar-refractivity contribution in [3.8, 4) is 0 Å². The van der Waals surface area contributed by atoms with Crippen LogP contribution in [0, 0.1) is 0 Å². The summed E-state index contributed by atoms with van der Waals surface area (Å²) in [5.74, 6) is 0.239. The van der Waals surface area contributed by atoms with Crippen LogP contribution in [0.25, 0.3) is 0 Å². The lowest BCUT2D eigenvalue weighted by Gasteiger charge is -2.13. The number of rotatable bonds is 6. The maximum Gasteiger partial charge on any atom is 0.303 e. The van der Waals surface area contributed by atoms with Crippen molar-refractivity contribution < 1.29 is 30.0 Å². The quantitative estimate of drug-likeness (QED) is 0.450. The van der Waals surface area contributed by atoms with Gasteiger partial charge in [0, 0.05) is 12.2 Å². The van der Waals surface area contributed by atoms with E-state index in [0.717, 1.165) is 0 Å². The Hall–Kier alpha value is -0.340. The van der Waals surface area contributed by atoms with Crippen molar-refractivity contribution in [3.05, 3.63) is 0 Å². The molecule has 0 radical (unpaired) electrons. The molecule has 1 saturated heterocycles. The molecular weight excluding hydrogens is 236 g/mol. The average Bonchev–Trinajstić information content (AvgIpc) is 2.45. The number of carboxylic acids is 1. The van der Waals surface area contributed by atoms with Crippen molar-refractivity contribution in [2.45, 2.75) is 37.4 Å². The van der Waals surface area contributed by atoms with Crippen LogP contribution in [0.15, 0.2) is 0 Å². The lowest BCUT2D eigenvalue weighted by atomic mass is 10.2. The Labute approximate surface area is 97.2 Å². The summed E-state index contributed by atoms with van der Waals surface area (Å²) in [6, 6.07) is 0. The molecule has 0 bridgehead atoms. The van der Waals surface area contributed by atoms with Gasteiger partial charge in [-0.3, -0.25) is 4.79 Å². The van der Waals surface area contributed by atoms with E-state index >= 15 is 0 Å². The topological polar surface area (TPSA) is 107 Å². The van der Waals surface area contributed by atoms with Gasteiger partial charge in [0.15, 0.2) is 6.29 Å². The van der Waals surface area contributed by atoms with Crippen LogP contribution in [-0.4, -0.2) is 62.5 Å². The molecule has 94 valence electrons. The molecule has 0 saturated carbocycles. The van der Waals surface area contributed by atoms with E-state index in [1.165, 1.54) is 11.8 Å². The highest BCUT2D eigenvalue weighted by Crippen LogP contribution is 2.23. The second-order valence-electron chi connectivity index (χ2n) is 3.62. The molecule has 0 aromatic carbocycles. The number of ether oxygens (including phenoxy) is 1. The minimum absolute atomic E-state index is 0.117. The van der Waals surface area contributed by atoms with E-state index in [1.807, 2.05) is 0 Å². The lowest BCUT2D eigenvalue weighted by Crippen LogP contribution is -2.33. The Bertz CT molecular complexity index is 236. The first-order chi connectivity index (χ1) is 7.52. The number of aliphatic carboxylic acids is 1. The molecule has 4 N–H and O–H groups in total. The van der Waals surface area contributed by atoms with Gasteiger partial charge in [0.25, 0.3) is 0 Å². The summed E-state index contributed by atoms with van der Waals surface area (Å²) in [7, 11) is 0. The Balaban J connectivity index is 2.12. The monoisotopic (exact) mass is 252 g/mol. The first kappa shape index (κ1) is 13.7. The van der Waals surface area contributed by atoms with Crippen LogP contribution in [0.3, 0.4) is 0 Å². The minimum atomic E-state index is -1.33. The Kier molecular flexibility index (Phi) is 5.50. The number of hydrogen-bond acceptors (Lipinski definition) is 6. The number of carboxylic acid groups (broad SMARTS) is 1. The highest BCUT2D eigenvalue weighted by molar-refractivity contribution is 7.99. The molecule has 7 heteroatoms. The standard InChI is InChI=1S/C9H16O6S/c10-6(11)2-1-3-16-4-5-7(12)8(13)9(14)15-5/h5,7-9,12-14H,1-4H2,(H,10,11)/t5-,7-,8-,9?/m1/s1. The predicted molar refractivity (Wildman–Crippen MR) is 57.1 cm³/mol. The zero-order valence-corrected chi connectivity index (χ0v) is 9.47. The molecule has 0 aromatic rings. The van der Waals surface area contributed by atoms with Gasteiger partial charge >= 0.3 is 5.97 Å². The molecule has 0 spiro atoms. The van der Waals surface area contributed by atoms with Gasteiger partial charge in [0.2, 0.25) is 0 Å². The molecule has 0 aliphatic carbocycles. The first-order valence-electron chi connectivity index (χ1n) is 5.01. The molecule has 1 unspecified atom stereocenters. The highest BCUT2D eigenvalue weighted by Gasteiger charge is 2.41. The fourth-order valence-electron chi connectivity index (χ4n) is 1.39. The van der Waals surface area contributed by atoms with Crippen molar-refractivity contribution in [2.24, 2.45) is 0 Å². The molecule has 16 heavy (non-hydrogen) atoms. The third kappa shape index (κ3) is 3.91. The van der Waals surface area contributed by atoms with Gasteiger partial charge in [-0.15, -0.1) is 0 Å². The van der Waals surface area contributed by atoms with Crippen LogP contribution in [-0.2, 0) is 9.53 Å². The van der Waals surface area contributed by atoms with Crippen molar-refractivity contribution in [3.63, 3.8) is 0 Å². The maximum atomic E-state index is 10.2. The summed E-state index contributed by atoms with van der Waals surface area (Å²) in [5.41, 5.74) is 0. The molecule has 6 nitrogen and oxygen atoms in total. The Morgan fingerprint density at radius 2 is 1.94 bits per heavy atom. The predicted octanol–water partition coefficient (Wildman–Crippen LogP) is -0.977.